The van der Waals surface area contributed by atoms with E-state index in [-0.39, 0.29) is 47.5 Å². The third-order valence-electron chi connectivity index (χ3n) is 8.42. The number of alkyl halides is 2. The Morgan fingerprint density at radius 3 is 2.60 bits per heavy atom. The third-order valence-corrected chi connectivity index (χ3v) is 8.42. The molecule has 1 saturated carbocycles. The fourth-order valence-electron chi connectivity index (χ4n) is 6.17. The molecule has 226 valence electrons. The maximum Gasteiger partial charge on any atom is 0.482 e. The maximum atomic E-state index is 14.4. The maximum absolute atomic E-state index is 14.4. The summed E-state index contributed by atoms with van der Waals surface area (Å²) in [6, 6.07) is 19.9. The van der Waals surface area contributed by atoms with Gasteiger partial charge in [0.25, 0.3) is 0 Å². The zero-order valence-electron chi connectivity index (χ0n) is 24.0. The Morgan fingerprint density at radius 2 is 1.86 bits per heavy atom. The summed E-state index contributed by atoms with van der Waals surface area (Å²) in [6.07, 6.45) is -1.16. The number of ether oxygens (including phenoxy) is 2. The number of piperidine rings is 1. The fraction of sp³-hybridized carbons (Fsp3) is 0.394. The highest BCUT2D eigenvalue weighted by Gasteiger charge is 2.51. The van der Waals surface area contributed by atoms with Crippen LogP contribution in [-0.4, -0.2) is 62.4 Å². The molecule has 3 aliphatic rings. The largest absolute Gasteiger partial charge is 0.508 e. The SMILES string of the molecule is COCCCN1C(=O)C(F)(F)Oc2ccc(N(C(=O)[C@H]3CNCC[C@@H]3c3cccc(-c4cccc(O)c4)c3)C3CC3)cc21. The van der Waals surface area contributed by atoms with E-state index in [1.807, 2.05) is 24.3 Å². The second kappa shape index (κ2) is 11.9. The predicted octanol–water partition coefficient (Wildman–Crippen LogP) is 5.30. The third kappa shape index (κ3) is 5.94. The molecule has 1 saturated heterocycles. The molecule has 1 aliphatic carbocycles. The molecule has 2 fully saturated rings. The van der Waals surface area contributed by atoms with Gasteiger partial charge in [0.1, 0.15) is 5.75 Å². The van der Waals surface area contributed by atoms with Gasteiger partial charge in [0.15, 0.2) is 5.75 Å². The Hall–Kier alpha value is -4.02. The zero-order chi connectivity index (χ0) is 30.1. The second-order valence-electron chi connectivity index (χ2n) is 11.4. The molecule has 2 heterocycles. The molecule has 3 aromatic rings. The Kier molecular flexibility index (Phi) is 8.07. The highest BCUT2D eigenvalue weighted by molar-refractivity contribution is 6.03. The van der Waals surface area contributed by atoms with Crippen molar-refractivity contribution in [3.05, 3.63) is 72.3 Å². The summed E-state index contributed by atoms with van der Waals surface area (Å²) >= 11 is 0. The summed E-state index contributed by atoms with van der Waals surface area (Å²) in [6.45, 7) is 1.62. The van der Waals surface area contributed by atoms with E-state index in [9.17, 15) is 23.5 Å². The quantitative estimate of drug-likeness (QED) is 0.328. The number of phenols is 1. The van der Waals surface area contributed by atoms with Gasteiger partial charge in [-0.05, 0) is 85.2 Å². The molecule has 0 bridgehead atoms. The molecule has 3 aromatic carbocycles. The van der Waals surface area contributed by atoms with Gasteiger partial charge < -0.3 is 29.7 Å². The number of carbonyl (C=O) groups is 2. The highest BCUT2D eigenvalue weighted by Crippen LogP contribution is 2.44. The number of hydrogen-bond donors (Lipinski definition) is 2. The van der Waals surface area contributed by atoms with Gasteiger partial charge in [-0.1, -0.05) is 36.4 Å². The molecule has 10 heteroatoms. The summed E-state index contributed by atoms with van der Waals surface area (Å²) in [4.78, 5) is 29.9. The number of halogens is 2. The van der Waals surface area contributed by atoms with Crippen molar-refractivity contribution in [2.24, 2.45) is 5.92 Å². The van der Waals surface area contributed by atoms with Gasteiger partial charge in [0.05, 0.1) is 11.6 Å². The van der Waals surface area contributed by atoms with Crippen LogP contribution in [0.2, 0.25) is 0 Å². The van der Waals surface area contributed by atoms with Crippen molar-refractivity contribution in [3.8, 4) is 22.6 Å². The van der Waals surface area contributed by atoms with Crippen LogP contribution in [0.4, 0.5) is 20.2 Å². The van der Waals surface area contributed by atoms with Gasteiger partial charge in [-0.3, -0.25) is 9.59 Å². The average molecular weight is 592 g/mol. The van der Waals surface area contributed by atoms with Gasteiger partial charge in [-0.15, -0.1) is 0 Å². The molecule has 2 amide bonds. The van der Waals surface area contributed by atoms with Crippen molar-refractivity contribution in [1.82, 2.24) is 5.32 Å². The standard InChI is InChI=1S/C33H35F2N3O5/c1-42-16-4-15-37-29-19-25(11-12-30(29)43-33(34,35)32(37)41)38(24-9-10-24)31(40)28-20-36-14-13-27(28)23-7-2-5-21(17-23)22-6-3-8-26(39)18-22/h2-3,5-8,11-12,17-19,24,27-28,36,39H,4,9-10,13-16,20H2,1H3/t27-,28+/m1/s1. The number of anilines is 2. The zero-order valence-corrected chi connectivity index (χ0v) is 24.0. The first-order chi connectivity index (χ1) is 20.8. The first-order valence-corrected chi connectivity index (χ1v) is 14.7. The van der Waals surface area contributed by atoms with Crippen LogP contribution in [0.1, 0.15) is 37.2 Å². The molecule has 0 radical (unpaired) electrons. The minimum absolute atomic E-state index is 0.00431. The number of benzene rings is 3. The number of aromatic hydroxyl groups is 1. The molecule has 0 spiro atoms. The highest BCUT2D eigenvalue weighted by atomic mass is 19.3. The van der Waals surface area contributed by atoms with E-state index >= 15 is 0 Å². The van der Waals surface area contributed by atoms with Crippen LogP contribution in [0.15, 0.2) is 66.7 Å². The van der Waals surface area contributed by atoms with Crippen LogP contribution in [0, 0.1) is 5.92 Å². The number of rotatable bonds is 9. The number of methoxy groups -OCH3 is 1. The van der Waals surface area contributed by atoms with Crippen LogP contribution < -0.4 is 19.9 Å². The van der Waals surface area contributed by atoms with Gasteiger partial charge in [-0.2, -0.15) is 8.78 Å². The van der Waals surface area contributed by atoms with Gasteiger partial charge in [0, 0.05) is 38.5 Å². The summed E-state index contributed by atoms with van der Waals surface area (Å²) in [5.41, 5.74) is 3.68. The van der Waals surface area contributed by atoms with Crippen molar-refractivity contribution >= 4 is 23.2 Å². The smallest absolute Gasteiger partial charge is 0.482 e. The number of amides is 2. The van der Waals surface area contributed by atoms with Gasteiger partial charge >= 0.3 is 12.0 Å². The van der Waals surface area contributed by atoms with E-state index in [0.29, 0.717) is 25.3 Å². The predicted molar refractivity (Wildman–Crippen MR) is 159 cm³/mol. The Morgan fingerprint density at radius 1 is 1.09 bits per heavy atom. The van der Waals surface area contributed by atoms with Crippen molar-refractivity contribution in [2.45, 2.75) is 43.8 Å². The first-order valence-electron chi connectivity index (χ1n) is 14.7. The second-order valence-corrected chi connectivity index (χ2v) is 11.4. The summed E-state index contributed by atoms with van der Waals surface area (Å²) < 4.78 is 38.7. The normalized spacial score (nSPS) is 21.2. The molecule has 0 unspecified atom stereocenters. The Balaban J connectivity index is 1.31. The van der Waals surface area contributed by atoms with E-state index in [2.05, 4.69) is 11.4 Å². The fourth-order valence-corrected chi connectivity index (χ4v) is 6.17. The van der Waals surface area contributed by atoms with Crippen molar-refractivity contribution in [1.29, 1.82) is 0 Å². The van der Waals surface area contributed by atoms with E-state index in [4.69, 9.17) is 9.47 Å². The summed E-state index contributed by atoms with van der Waals surface area (Å²) in [5, 5.41) is 13.4. The average Bonchev–Trinajstić information content (AvgIpc) is 3.85. The lowest BCUT2D eigenvalue weighted by Crippen LogP contribution is -2.51. The van der Waals surface area contributed by atoms with Crippen molar-refractivity contribution in [2.75, 3.05) is 43.2 Å². The molecule has 2 aliphatic heterocycles. The lowest BCUT2D eigenvalue weighted by molar-refractivity contribution is -0.192. The van der Waals surface area contributed by atoms with Gasteiger partial charge in [0.2, 0.25) is 5.91 Å². The van der Waals surface area contributed by atoms with Crippen LogP contribution in [-0.2, 0) is 14.3 Å². The van der Waals surface area contributed by atoms with Crippen LogP contribution >= 0.6 is 0 Å². The Bertz CT molecular complexity index is 1510. The molecule has 6 rings (SSSR count). The van der Waals surface area contributed by atoms with E-state index in [1.54, 1.807) is 35.2 Å². The van der Waals surface area contributed by atoms with Crippen LogP contribution in [0.3, 0.4) is 0 Å². The molecule has 2 N–H and O–H groups in total. The number of phenolic OH excluding ortho intramolecular Hbond substituents is 1. The molecule has 43 heavy (non-hydrogen) atoms. The number of fused-ring (bicyclic) bond motifs is 1. The lowest BCUT2D eigenvalue weighted by atomic mass is 9.79. The lowest BCUT2D eigenvalue weighted by Gasteiger charge is -2.37. The number of nitrogens with zero attached hydrogens (tertiary/aromatic N) is 2. The van der Waals surface area contributed by atoms with Crippen LogP contribution in [0.5, 0.6) is 11.5 Å². The van der Waals surface area contributed by atoms with Gasteiger partial charge in [-0.25, -0.2) is 0 Å². The first kappa shape index (κ1) is 29.1. The number of carbonyl (C=O) groups excluding carboxylic acids is 2. The van der Waals surface area contributed by atoms with E-state index in [0.717, 1.165) is 47.4 Å². The number of hydrogen-bond acceptors (Lipinski definition) is 6. The molecule has 0 aromatic heterocycles. The summed E-state index contributed by atoms with van der Waals surface area (Å²) in [7, 11) is 1.51. The minimum Gasteiger partial charge on any atom is -0.508 e. The van der Waals surface area contributed by atoms with Crippen LogP contribution in [0.25, 0.3) is 11.1 Å². The van der Waals surface area contributed by atoms with E-state index < -0.39 is 12.0 Å². The summed E-state index contributed by atoms with van der Waals surface area (Å²) in [5.74, 6) is -1.78. The monoisotopic (exact) mass is 591 g/mol. The number of nitrogens with one attached hydrogen (secondary N) is 1. The molecule has 8 nitrogen and oxygen atoms in total. The molecular weight excluding hydrogens is 556 g/mol. The molecule has 2 atom stereocenters. The van der Waals surface area contributed by atoms with E-state index in [1.165, 1.54) is 13.2 Å². The van der Waals surface area contributed by atoms with Crippen molar-refractivity contribution < 1.29 is 33.0 Å². The van der Waals surface area contributed by atoms with Crippen molar-refractivity contribution in [3.63, 3.8) is 0 Å². The Labute approximate surface area is 249 Å². The minimum atomic E-state index is -3.97. The molecular formula is C33H35F2N3O5. The topological polar surface area (TPSA) is 91.3 Å².